The summed E-state index contributed by atoms with van der Waals surface area (Å²) in [6.07, 6.45) is 5.14. The molecule has 0 aliphatic carbocycles. The molecule has 5 heteroatoms. The Kier molecular flexibility index (Phi) is 7.00. The van der Waals surface area contributed by atoms with Crippen LogP contribution in [-0.4, -0.2) is 45.3 Å². The van der Waals surface area contributed by atoms with Crippen LogP contribution in [0.5, 0.6) is 11.5 Å². The van der Waals surface area contributed by atoms with E-state index in [0.29, 0.717) is 0 Å². The molecule has 2 aliphatic heterocycles. The van der Waals surface area contributed by atoms with Gasteiger partial charge in [0.25, 0.3) is 0 Å². The van der Waals surface area contributed by atoms with E-state index < -0.39 is 0 Å². The lowest BCUT2D eigenvalue weighted by Crippen LogP contribution is -2.34. The standard InChI is InChI=1S/C18H28N2O2.ClH/c1-21-17-11-15-6-10-20(13-16(15)12-18(17)22-2)9-5-14-3-7-19-8-4-14;/h11-12,14,19H,3-10,13H2,1-2H3;1H. The van der Waals surface area contributed by atoms with E-state index in [0.717, 1.165) is 36.9 Å². The number of nitrogens with zero attached hydrogens (tertiary/aromatic N) is 1. The minimum absolute atomic E-state index is 0. The Morgan fingerprint density at radius 1 is 1.09 bits per heavy atom. The monoisotopic (exact) mass is 340 g/mol. The summed E-state index contributed by atoms with van der Waals surface area (Å²) in [6.45, 7) is 5.82. The van der Waals surface area contributed by atoms with Crippen molar-refractivity contribution in [3.8, 4) is 11.5 Å². The molecule has 1 N–H and O–H groups in total. The quantitative estimate of drug-likeness (QED) is 0.893. The molecule has 1 aromatic rings. The fourth-order valence-corrected chi connectivity index (χ4v) is 3.67. The first-order chi connectivity index (χ1) is 10.8. The average molecular weight is 341 g/mol. The van der Waals surface area contributed by atoms with Crippen LogP contribution in [0.3, 0.4) is 0 Å². The fraction of sp³-hybridized carbons (Fsp3) is 0.667. The molecule has 0 amide bonds. The Balaban J connectivity index is 0.00000192. The lowest BCUT2D eigenvalue weighted by molar-refractivity contribution is 0.219. The molecule has 0 spiro atoms. The number of halogens is 1. The van der Waals surface area contributed by atoms with Crippen LogP contribution >= 0.6 is 12.4 Å². The predicted octanol–water partition coefficient (Wildman–Crippen LogP) is 2.87. The van der Waals surface area contributed by atoms with E-state index >= 15 is 0 Å². The van der Waals surface area contributed by atoms with Gasteiger partial charge in [-0.2, -0.15) is 0 Å². The highest BCUT2D eigenvalue weighted by Gasteiger charge is 2.21. The molecule has 0 atom stereocenters. The van der Waals surface area contributed by atoms with E-state index in [-0.39, 0.29) is 12.4 Å². The molecule has 1 fully saturated rings. The van der Waals surface area contributed by atoms with Crippen LogP contribution in [0.15, 0.2) is 12.1 Å². The van der Waals surface area contributed by atoms with Crippen LogP contribution in [0.1, 0.15) is 30.4 Å². The molecule has 3 rings (SSSR count). The van der Waals surface area contributed by atoms with Crippen molar-refractivity contribution < 1.29 is 9.47 Å². The van der Waals surface area contributed by atoms with Crippen LogP contribution in [0.25, 0.3) is 0 Å². The van der Waals surface area contributed by atoms with E-state index in [1.165, 1.54) is 50.0 Å². The van der Waals surface area contributed by atoms with Gasteiger partial charge in [-0.25, -0.2) is 0 Å². The maximum atomic E-state index is 5.44. The summed E-state index contributed by atoms with van der Waals surface area (Å²) in [7, 11) is 3.42. The Hall–Kier alpha value is -0.970. The summed E-state index contributed by atoms with van der Waals surface area (Å²) in [5.41, 5.74) is 2.81. The molecule has 1 aromatic carbocycles. The Labute approximate surface area is 145 Å². The van der Waals surface area contributed by atoms with E-state index in [1.54, 1.807) is 14.2 Å². The molecule has 0 unspecified atom stereocenters. The molecule has 1 saturated heterocycles. The highest BCUT2D eigenvalue weighted by Crippen LogP contribution is 2.33. The highest BCUT2D eigenvalue weighted by molar-refractivity contribution is 5.85. The molecule has 2 aliphatic rings. The largest absolute Gasteiger partial charge is 0.493 e. The average Bonchev–Trinajstić information content (AvgIpc) is 2.59. The second kappa shape index (κ2) is 8.76. The van der Waals surface area contributed by atoms with Gasteiger partial charge in [0.2, 0.25) is 0 Å². The second-order valence-corrected chi connectivity index (χ2v) is 6.48. The van der Waals surface area contributed by atoms with Crippen molar-refractivity contribution in [3.63, 3.8) is 0 Å². The van der Waals surface area contributed by atoms with Crippen LogP contribution in [0.2, 0.25) is 0 Å². The Morgan fingerprint density at radius 2 is 1.74 bits per heavy atom. The molecule has 23 heavy (non-hydrogen) atoms. The number of ether oxygens (including phenoxy) is 2. The number of rotatable bonds is 5. The third kappa shape index (κ3) is 4.52. The third-order valence-corrected chi connectivity index (χ3v) is 5.11. The molecule has 4 nitrogen and oxygen atoms in total. The summed E-state index contributed by atoms with van der Waals surface area (Å²) in [5.74, 6) is 2.61. The Bertz CT molecular complexity index is 504. The van der Waals surface area contributed by atoms with Gasteiger partial charge < -0.3 is 14.8 Å². The third-order valence-electron chi connectivity index (χ3n) is 5.11. The number of benzene rings is 1. The van der Waals surface area contributed by atoms with Crippen molar-refractivity contribution >= 4 is 12.4 Å². The molecule has 130 valence electrons. The van der Waals surface area contributed by atoms with Crippen LogP contribution < -0.4 is 14.8 Å². The van der Waals surface area contributed by atoms with Crippen molar-refractivity contribution in [1.29, 1.82) is 0 Å². The van der Waals surface area contributed by atoms with Gasteiger partial charge in [0, 0.05) is 13.1 Å². The van der Waals surface area contributed by atoms with Gasteiger partial charge in [-0.3, -0.25) is 4.90 Å². The zero-order valence-corrected chi connectivity index (χ0v) is 15.1. The van der Waals surface area contributed by atoms with E-state index in [9.17, 15) is 0 Å². The van der Waals surface area contributed by atoms with E-state index in [4.69, 9.17) is 9.47 Å². The van der Waals surface area contributed by atoms with Gasteiger partial charge in [-0.15, -0.1) is 12.4 Å². The molecular formula is C18H29ClN2O2. The van der Waals surface area contributed by atoms with E-state index in [2.05, 4.69) is 22.3 Å². The normalized spacial score (nSPS) is 18.9. The number of fused-ring (bicyclic) bond motifs is 1. The van der Waals surface area contributed by atoms with Gasteiger partial charge in [0.1, 0.15) is 0 Å². The number of piperidine rings is 1. The van der Waals surface area contributed by atoms with Crippen molar-refractivity contribution in [2.45, 2.75) is 32.2 Å². The number of methoxy groups -OCH3 is 2. The minimum Gasteiger partial charge on any atom is -0.493 e. The molecule has 0 bridgehead atoms. The molecule has 0 saturated carbocycles. The lowest BCUT2D eigenvalue weighted by atomic mass is 9.93. The lowest BCUT2D eigenvalue weighted by Gasteiger charge is -2.31. The van der Waals surface area contributed by atoms with Crippen molar-refractivity contribution in [2.24, 2.45) is 5.92 Å². The topological polar surface area (TPSA) is 33.7 Å². The maximum Gasteiger partial charge on any atom is 0.161 e. The van der Waals surface area contributed by atoms with Gasteiger partial charge in [-0.05, 0) is 74.5 Å². The second-order valence-electron chi connectivity index (χ2n) is 6.48. The Morgan fingerprint density at radius 3 is 2.39 bits per heavy atom. The molecule has 0 aromatic heterocycles. The van der Waals surface area contributed by atoms with Crippen LogP contribution in [0, 0.1) is 5.92 Å². The summed E-state index contributed by atoms with van der Waals surface area (Å²) in [4.78, 5) is 2.59. The van der Waals surface area contributed by atoms with Crippen molar-refractivity contribution in [2.75, 3.05) is 40.4 Å². The van der Waals surface area contributed by atoms with Gasteiger partial charge in [0.05, 0.1) is 14.2 Å². The highest BCUT2D eigenvalue weighted by atomic mass is 35.5. The molecule has 2 heterocycles. The first kappa shape index (κ1) is 18.4. The summed E-state index contributed by atoms with van der Waals surface area (Å²) >= 11 is 0. The van der Waals surface area contributed by atoms with Crippen LogP contribution in [0.4, 0.5) is 0 Å². The number of hydrogen-bond donors (Lipinski definition) is 1. The maximum absolute atomic E-state index is 5.44. The SMILES string of the molecule is COc1cc2c(cc1OC)CN(CCC1CCNCC1)CC2.Cl. The summed E-state index contributed by atoms with van der Waals surface area (Å²) < 4.78 is 10.9. The molecular weight excluding hydrogens is 312 g/mol. The zero-order valence-electron chi connectivity index (χ0n) is 14.3. The number of hydrogen-bond acceptors (Lipinski definition) is 4. The summed E-state index contributed by atoms with van der Waals surface area (Å²) in [6, 6.07) is 4.31. The zero-order chi connectivity index (χ0) is 15.4. The van der Waals surface area contributed by atoms with Crippen molar-refractivity contribution in [1.82, 2.24) is 10.2 Å². The molecule has 0 radical (unpaired) electrons. The first-order valence-electron chi connectivity index (χ1n) is 8.47. The predicted molar refractivity (Wildman–Crippen MR) is 96.0 cm³/mol. The van der Waals surface area contributed by atoms with E-state index in [1.807, 2.05) is 0 Å². The summed E-state index contributed by atoms with van der Waals surface area (Å²) in [5, 5.41) is 3.45. The van der Waals surface area contributed by atoms with Crippen LogP contribution in [-0.2, 0) is 13.0 Å². The minimum atomic E-state index is 0. The van der Waals surface area contributed by atoms with Gasteiger partial charge >= 0.3 is 0 Å². The van der Waals surface area contributed by atoms with Crippen molar-refractivity contribution in [3.05, 3.63) is 23.3 Å². The number of nitrogens with one attached hydrogen (secondary N) is 1. The smallest absolute Gasteiger partial charge is 0.161 e. The van der Waals surface area contributed by atoms with Gasteiger partial charge in [-0.1, -0.05) is 0 Å². The van der Waals surface area contributed by atoms with Gasteiger partial charge in [0.15, 0.2) is 11.5 Å². The first-order valence-corrected chi connectivity index (χ1v) is 8.47. The fourth-order valence-electron chi connectivity index (χ4n) is 3.67.